The van der Waals surface area contributed by atoms with Crippen molar-refractivity contribution in [2.24, 2.45) is 0 Å². The van der Waals surface area contributed by atoms with E-state index in [9.17, 15) is 4.79 Å². The molecule has 1 fully saturated rings. The van der Waals surface area contributed by atoms with Gasteiger partial charge in [-0.05, 0) is 56.2 Å². The predicted molar refractivity (Wildman–Crippen MR) is 72.6 cm³/mol. The number of ether oxygens (including phenoxy) is 1. The summed E-state index contributed by atoms with van der Waals surface area (Å²) in [5.74, 6) is 0.947. The first kappa shape index (κ1) is 11.5. The van der Waals surface area contributed by atoms with Gasteiger partial charge in [0.1, 0.15) is 5.75 Å². The van der Waals surface area contributed by atoms with Gasteiger partial charge >= 0.3 is 0 Å². The van der Waals surface area contributed by atoms with E-state index in [1.807, 2.05) is 43.3 Å². The first-order valence-corrected chi connectivity index (χ1v) is 6.92. The van der Waals surface area contributed by atoms with Crippen molar-refractivity contribution >= 4 is 17.1 Å². The molecule has 3 rings (SSSR count). The number of ketones is 1. The standard InChI is InChI=1S/C15H14O2S/c1-10-2-9-14(18-10)15(16)11-3-5-12(6-4-11)17-13-7-8-13/h2-6,9,13H,7-8H2,1H3. The third-order valence-corrected chi connectivity index (χ3v) is 3.91. The monoisotopic (exact) mass is 258 g/mol. The van der Waals surface area contributed by atoms with Crippen molar-refractivity contribution in [2.75, 3.05) is 0 Å². The molecular formula is C15H14O2S. The largest absolute Gasteiger partial charge is 0.490 e. The highest BCUT2D eigenvalue weighted by Gasteiger charge is 2.23. The number of thiophene rings is 1. The van der Waals surface area contributed by atoms with Crippen molar-refractivity contribution in [3.05, 3.63) is 51.7 Å². The minimum atomic E-state index is 0.0890. The zero-order chi connectivity index (χ0) is 12.5. The molecule has 18 heavy (non-hydrogen) atoms. The minimum absolute atomic E-state index is 0.0890. The molecule has 0 atom stereocenters. The Bertz CT molecular complexity index is 564. The molecule has 1 aromatic carbocycles. The average Bonchev–Trinajstić information content (AvgIpc) is 3.09. The topological polar surface area (TPSA) is 26.3 Å². The Morgan fingerprint density at radius 1 is 1.17 bits per heavy atom. The van der Waals surface area contributed by atoms with Gasteiger partial charge in [0, 0.05) is 10.4 Å². The maximum atomic E-state index is 12.2. The summed E-state index contributed by atoms with van der Waals surface area (Å²) in [6.45, 7) is 2.01. The fourth-order valence-corrected chi connectivity index (χ4v) is 2.59. The van der Waals surface area contributed by atoms with Crippen LogP contribution in [0.5, 0.6) is 5.75 Å². The lowest BCUT2D eigenvalue weighted by Gasteiger charge is -2.04. The van der Waals surface area contributed by atoms with Gasteiger partial charge < -0.3 is 4.74 Å². The lowest BCUT2D eigenvalue weighted by molar-refractivity contribution is 0.104. The van der Waals surface area contributed by atoms with Crippen molar-refractivity contribution < 1.29 is 9.53 Å². The highest BCUT2D eigenvalue weighted by molar-refractivity contribution is 7.14. The lowest BCUT2D eigenvalue weighted by atomic mass is 10.1. The summed E-state index contributed by atoms with van der Waals surface area (Å²) < 4.78 is 5.66. The van der Waals surface area contributed by atoms with Gasteiger partial charge in [0.15, 0.2) is 0 Å². The van der Waals surface area contributed by atoms with Crippen LogP contribution in [-0.2, 0) is 0 Å². The van der Waals surface area contributed by atoms with Crippen LogP contribution in [-0.4, -0.2) is 11.9 Å². The Hall–Kier alpha value is -1.61. The van der Waals surface area contributed by atoms with Gasteiger partial charge in [0.05, 0.1) is 11.0 Å². The van der Waals surface area contributed by atoms with Crippen LogP contribution < -0.4 is 4.74 Å². The summed E-state index contributed by atoms with van der Waals surface area (Å²) in [5, 5.41) is 0. The fraction of sp³-hybridized carbons (Fsp3) is 0.267. The Morgan fingerprint density at radius 3 is 2.44 bits per heavy atom. The molecule has 92 valence electrons. The van der Waals surface area contributed by atoms with E-state index in [1.54, 1.807) is 0 Å². The van der Waals surface area contributed by atoms with Crippen LogP contribution in [0.25, 0.3) is 0 Å². The van der Waals surface area contributed by atoms with Crippen LogP contribution in [0.3, 0.4) is 0 Å². The minimum Gasteiger partial charge on any atom is -0.490 e. The molecule has 1 aliphatic carbocycles. The summed E-state index contributed by atoms with van der Waals surface area (Å²) in [6, 6.07) is 11.3. The molecule has 0 saturated heterocycles. The van der Waals surface area contributed by atoms with Crippen molar-refractivity contribution in [3.8, 4) is 5.75 Å². The van der Waals surface area contributed by atoms with E-state index < -0.39 is 0 Å². The van der Waals surface area contributed by atoms with E-state index in [-0.39, 0.29) is 5.78 Å². The molecule has 2 aromatic rings. The van der Waals surface area contributed by atoms with Gasteiger partial charge in [0.25, 0.3) is 0 Å². The maximum Gasteiger partial charge on any atom is 0.202 e. The van der Waals surface area contributed by atoms with Crippen LogP contribution >= 0.6 is 11.3 Å². The van der Waals surface area contributed by atoms with E-state index in [1.165, 1.54) is 11.3 Å². The number of hydrogen-bond acceptors (Lipinski definition) is 3. The molecule has 0 aliphatic heterocycles. The number of hydrogen-bond donors (Lipinski definition) is 0. The first-order chi connectivity index (χ1) is 8.72. The third kappa shape index (κ3) is 2.46. The zero-order valence-electron chi connectivity index (χ0n) is 10.2. The smallest absolute Gasteiger partial charge is 0.202 e. The second-order valence-corrected chi connectivity index (χ2v) is 5.87. The van der Waals surface area contributed by atoms with Gasteiger partial charge in [-0.1, -0.05) is 0 Å². The van der Waals surface area contributed by atoms with Gasteiger partial charge in [-0.3, -0.25) is 4.79 Å². The summed E-state index contributed by atoms with van der Waals surface area (Å²) in [4.78, 5) is 14.1. The van der Waals surface area contributed by atoms with Crippen LogP contribution in [0, 0.1) is 6.92 Å². The van der Waals surface area contributed by atoms with E-state index >= 15 is 0 Å². The second-order valence-electron chi connectivity index (χ2n) is 4.58. The van der Waals surface area contributed by atoms with Crippen molar-refractivity contribution in [1.82, 2.24) is 0 Å². The number of benzene rings is 1. The number of aryl methyl sites for hydroxylation is 1. The zero-order valence-corrected chi connectivity index (χ0v) is 11.0. The normalized spacial score (nSPS) is 14.5. The molecule has 0 amide bonds. The lowest BCUT2D eigenvalue weighted by Crippen LogP contribution is -2.00. The highest BCUT2D eigenvalue weighted by atomic mass is 32.1. The molecule has 1 saturated carbocycles. The summed E-state index contributed by atoms with van der Waals surface area (Å²) in [7, 11) is 0. The van der Waals surface area contributed by atoms with Crippen molar-refractivity contribution in [3.63, 3.8) is 0 Å². The number of carbonyl (C=O) groups is 1. The fourth-order valence-electron chi connectivity index (χ4n) is 1.76. The molecule has 0 N–H and O–H groups in total. The Kier molecular flexibility index (Phi) is 2.92. The summed E-state index contributed by atoms with van der Waals surface area (Å²) in [5.41, 5.74) is 0.722. The Balaban J connectivity index is 1.77. The Labute approximate surface area is 110 Å². The first-order valence-electron chi connectivity index (χ1n) is 6.10. The second kappa shape index (κ2) is 4.58. The van der Waals surface area contributed by atoms with Crippen LogP contribution in [0.1, 0.15) is 33.0 Å². The average molecular weight is 258 g/mol. The van der Waals surface area contributed by atoms with E-state index in [2.05, 4.69) is 0 Å². The molecule has 1 aliphatic rings. The Morgan fingerprint density at radius 2 is 1.89 bits per heavy atom. The van der Waals surface area contributed by atoms with E-state index in [4.69, 9.17) is 4.74 Å². The van der Waals surface area contributed by atoms with Gasteiger partial charge in [-0.25, -0.2) is 0 Å². The summed E-state index contributed by atoms with van der Waals surface area (Å²) in [6.07, 6.45) is 2.69. The molecule has 0 spiro atoms. The molecule has 1 heterocycles. The van der Waals surface area contributed by atoms with Crippen molar-refractivity contribution in [2.45, 2.75) is 25.9 Å². The molecule has 2 nitrogen and oxygen atoms in total. The molecule has 0 radical (unpaired) electrons. The molecule has 0 bridgehead atoms. The maximum absolute atomic E-state index is 12.2. The van der Waals surface area contributed by atoms with Crippen LogP contribution in [0.2, 0.25) is 0 Å². The predicted octanol–water partition coefficient (Wildman–Crippen LogP) is 3.83. The van der Waals surface area contributed by atoms with Gasteiger partial charge in [-0.2, -0.15) is 0 Å². The highest BCUT2D eigenvalue weighted by Crippen LogP contribution is 2.27. The summed E-state index contributed by atoms with van der Waals surface area (Å²) >= 11 is 1.53. The van der Waals surface area contributed by atoms with Gasteiger partial charge in [0.2, 0.25) is 5.78 Å². The van der Waals surface area contributed by atoms with Crippen molar-refractivity contribution in [1.29, 1.82) is 0 Å². The number of carbonyl (C=O) groups excluding carboxylic acids is 1. The molecule has 3 heteroatoms. The molecular weight excluding hydrogens is 244 g/mol. The quantitative estimate of drug-likeness (QED) is 0.779. The van der Waals surface area contributed by atoms with E-state index in [0.29, 0.717) is 6.10 Å². The SMILES string of the molecule is Cc1ccc(C(=O)c2ccc(OC3CC3)cc2)s1. The molecule has 1 aromatic heterocycles. The van der Waals surface area contributed by atoms with E-state index in [0.717, 1.165) is 33.9 Å². The molecule has 0 unspecified atom stereocenters. The van der Waals surface area contributed by atoms with Crippen LogP contribution in [0.15, 0.2) is 36.4 Å². The third-order valence-electron chi connectivity index (χ3n) is 2.91. The van der Waals surface area contributed by atoms with Gasteiger partial charge in [-0.15, -0.1) is 11.3 Å². The number of rotatable bonds is 4. The van der Waals surface area contributed by atoms with Crippen LogP contribution in [0.4, 0.5) is 0 Å².